The van der Waals surface area contributed by atoms with Gasteiger partial charge < -0.3 is 8.91 Å². The summed E-state index contributed by atoms with van der Waals surface area (Å²) in [6.07, 6.45) is 0. The van der Waals surface area contributed by atoms with E-state index in [9.17, 15) is 4.79 Å². The van der Waals surface area contributed by atoms with Crippen LogP contribution in [-0.2, 0) is 4.18 Å². The van der Waals surface area contributed by atoms with Gasteiger partial charge in [-0.05, 0) is 42.3 Å². The molecular formula is C17H20ClNO2S. The Balaban J connectivity index is 0.00000116. The molecule has 0 fully saturated rings. The number of benzene rings is 2. The zero-order valence-electron chi connectivity index (χ0n) is 13.1. The van der Waals surface area contributed by atoms with Crippen LogP contribution in [-0.4, -0.2) is 12.9 Å². The van der Waals surface area contributed by atoms with Gasteiger partial charge in [0.15, 0.2) is 5.78 Å². The Labute approximate surface area is 141 Å². The average molecular weight is 338 g/mol. The van der Waals surface area contributed by atoms with Crippen molar-refractivity contribution in [3.05, 3.63) is 53.1 Å². The SMILES string of the molecule is CC.COSNc1cc(-c2cccc(Cl)c2)ccc1C(C)=O. The third-order valence-corrected chi connectivity index (χ3v) is 3.50. The van der Waals surface area contributed by atoms with E-state index in [-0.39, 0.29) is 5.78 Å². The standard InChI is InChI=1S/C15H14ClNO2S.C2H6/c1-10(18)14-7-6-12(9-15(14)17-20-19-2)11-4-3-5-13(16)8-11;1-2/h3-9,17H,1-2H3;1-2H3. The number of hydrogen-bond acceptors (Lipinski definition) is 4. The Bertz CT molecular complexity index is 632. The van der Waals surface area contributed by atoms with Gasteiger partial charge in [-0.1, -0.05) is 43.6 Å². The van der Waals surface area contributed by atoms with Crippen LogP contribution in [0.1, 0.15) is 31.1 Å². The summed E-state index contributed by atoms with van der Waals surface area (Å²) in [5, 5.41) is 0.680. The number of anilines is 1. The smallest absolute Gasteiger partial charge is 0.161 e. The number of rotatable bonds is 5. The van der Waals surface area contributed by atoms with E-state index >= 15 is 0 Å². The van der Waals surface area contributed by atoms with Gasteiger partial charge in [-0.15, -0.1) is 0 Å². The van der Waals surface area contributed by atoms with Gasteiger partial charge in [0, 0.05) is 10.6 Å². The fourth-order valence-electron chi connectivity index (χ4n) is 1.87. The fourth-order valence-corrected chi connectivity index (χ4v) is 2.40. The van der Waals surface area contributed by atoms with Gasteiger partial charge in [-0.2, -0.15) is 0 Å². The molecule has 0 saturated heterocycles. The Morgan fingerprint density at radius 3 is 2.41 bits per heavy atom. The van der Waals surface area contributed by atoms with Crippen molar-refractivity contribution in [1.29, 1.82) is 0 Å². The maximum Gasteiger partial charge on any atom is 0.161 e. The van der Waals surface area contributed by atoms with Gasteiger partial charge in [0.1, 0.15) is 12.2 Å². The first-order valence-corrected chi connectivity index (χ1v) is 8.10. The molecule has 118 valence electrons. The molecule has 1 N–H and O–H groups in total. The minimum absolute atomic E-state index is 0.00171. The van der Waals surface area contributed by atoms with Crippen LogP contribution >= 0.6 is 23.8 Å². The Morgan fingerprint density at radius 1 is 1.14 bits per heavy atom. The van der Waals surface area contributed by atoms with E-state index in [0.717, 1.165) is 29.0 Å². The molecule has 0 heterocycles. The van der Waals surface area contributed by atoms with Crippen molar-refractivity contribution in [2.45, 2.75) is 20.8 Å². The van der Waals surface area contributed by atoms with E-state index < -0.39 is 0 Å². The lowest BCUT2D eigenvalue weighted by Crippen LogP contribution is -1.99. The summed E-state index contributed by atoms with van der Waals surface area (Å²) in [7, 11) is 1.56. The molecule has 0 aliphatic rings. The maximum atomic E-state index is 11.6. The highest BCUT2D eigenvalue weighted by Crippen LogP contribution is 2.29. The molecule has 0 saturated carbocycles. The van der Waals surface area contributed by atoms with E-state index in [1.807, 2.05) is 50.2 Å². The molecule has 0 spiro atoms. The maximum absolute atomic E-state index is 11.6. The summed E-state index contributed by atoms with van der Waals surface area (Å²) in [5.74, 6) is 0.00171. The predicted octanol–water partition coefficient (Wildman–Crippen LogP) is 5.86. The van der Waals surface area contributed by atoms with Gasteiger partial charge in [0.2, 0.25) is 0 Å². The molecule has 0 bridgehead atoms. The first-order chi connectivity index (χ1) is 10.6. The highest BCUT2D eigenvalue weighted by Gasteiger charge is 2.09. The lowest BCUT2D eigenvalue weighted by molar-refractivity contribution is 0.101. The predicted molar refractivity (Wildman–Crippen MR) is 96.5 cm³/mol. The number of ketones is 1. The van der Waals surface area contributed by atoms with Gasteiger partial charge in [-0.25, -0.2) is 0 Å². The molecule has 2 aromatic carbocycles. The number of hydrogen-bond donors (Lipinski definition) is 1. The topological polar surface area (TPSA) is 38.3 Å². The number of nitrogens with one attached hydrogen (secondary N) is 1. The zero-order valence-corrected chi connectivity index (χ0v) is 14.7. The van der Waals surface area contributed by atoms with Crippen LogP contribution < -0.4 is 4.72 Å². The summed E-state index contributed by atoms with van der Waals surface area (Å²) in [6, 6.07) is 13.2. The second-order valence-electron chi connectivity index (χ2n) is 4.18. The lowest BCUT2D eigenvalue weighted by Gasteiger charge is -2.11. The molecule has 0 unspecified atom stereocenters. The van der Waals surface area contributed by atoms with Crippen LogP contribution in [0.4, 0.5) is 5.69 Å². The first kappa shape index (κ1) is 18.6. The van der Waals surface area contributed by atoms with Crippen molar-refractivity contribution in [1.82, 2.24) is 0 Å². The van der Waals surface area contributed by atoms with Crippen molar-refractivity contribution in [2.75, 3.05) is 11.8 Å². The third-order valence-electron chi connectivity index (χ3n) is 2.79. The Hall–Kier alpha value is -1.49. The fraction of sp³-hybridized carbons (Fsp3) is 0.235. The summed E-state index contributed by atoms with van der Waals surface area (Å²) in [5.41, 5.74) is 3.33. The van der Waals surface area contributed by atoms with E-state index in [2.05, 4.69) is 4.72 Å². The molecule has 0 amide bonds. The molecule has 0 atom stereocenters. The number of halogens is 1. The second kappa shape index (κ2) is 9.51. The number of carbonyl (C=O) groups excluding carboxylic acids is 1. The van der Waals surface area contributed by atoms with Crippen molar-refractivity contribution in [3.8, 4) is 11.1 Å². The molecule has 3 nitrogen and oxygen atoms in total. The minimum Gasteiger partial charge on any atom is -0.306 e. The van der Waals surface area contributed by atoms with Gasteiger partial charge in [-0.3, -0.25) is 4.79 Å². The molecule has 2 aromatic rings. The highest BCUT2D eigenvalue weighted by molar-refractivity contribution is 7.96. The van der Waals surface area contributed by atoms with Crippen LogP contribution in [0.5, 0.6) is 0 Å². The summed E-state index contributed by atoms with van der Waals surface area (Å²) >= 11 is 7.08. The van der Waals surface area contributed by atoms with Gasteiger partial charge >= 0.3 is 0 Å². The normalized spacial score (nSPS) is 9.68. The Kier molecular flexibility index (Phi) is 8.02. The molecule has 5 heteroatoms. The van der Waals surface area contributed by atoms with Gasteiger partial charge in [0.05, 0.1) is 12.8 Å². The van der Waals surface area contributed by atoms with E-state index in [4.69, 9.17) is 15.8 Å². The minimum atomic E-state index is 0.00171. The van der Waals surface area contributed by atoms with Crippen molar-refractivity contribution in [2.24, 2.45) is 0 Å². The zero-order chi connectivity index (χ0) is 16.5. The van der Waals surface area contributed by atoms with E-state index in [1.54, 1.807) is 13.2 Å². The quantitative estimate of drug-likeness (QED) is 0.421. The van der Waals surface area contributed by atoms with Crippen LogP contribution in [0.25, 0.3) is 11.1 Å². The second-order valence-corrected chi connectivity index (χ2v) is 5.32. The van der Waals surface area contributed by atoms with E-state index in [1.165, 1.54) is 6.92 Å². The molecule has 22 heavy (non-hydrogen) atoms. The third kappa shape index (κ3) is 5.05. The van der Waals surface area contributed by atoms with Crippen molar-refractivity contribution >= 4 is 35.3 Å². The molecule has 0 aliphatic heterocycles. The molecule has 0 aliphatic carbocycles. The van der Waals surface area contributed by atoms with Crippen molar-refractivity contribution < 1.29 is 8.98 Å². The van der Waals surface area contributed by atoms with Gasteiger partial charge in [0.25, 0.3) is 0 Å². The molecule has 0 radical (unpaired) electrons. The average Bonchev–Trinajstić information content (AvgIpc) is 2.54. The van der Waals surface area contributed by atoms with Crippen LogP contribution in [0.3, 0.4) is 0 Å². The molecular weight excluding hydrogens is 318 g/mol. The Morgan fingerprint density at radius 2 is 1.82 bits per heavy atom. The molecule has 2 rings (SSSR count). The monoisotopic (exact) mass is 337 g/mol. The lowest BCUT2D eigenvalue weighted by atomic mass is 10.0. The highest BCUT2D eigenvalue weighted by atomic mass is 35.5. The van der Waals surface area contributed by atoms with E-state index in [0.29, 0.717) is 10.6 Å². The van der Waals surface area contributed by atoms with Crippen LogP contribution in [0.2, 0.25) is 5.02 Å². The number of carbonyl (C=O) groups is 1. The molecule has 0 aromatic heterocycles. The van der Waals surface area contributed by atoms with Crippen molar-refractivity contribution in [3.63, 3.8) is 0 Å². The number of Topliss-reactive ketones (excluding diaryl/α,β-unsaturated/α-hetero) is 1. The summed E-state index contributed by atoms with van der Waals surface area (Å²) < 4.78 is 7.93. The largest absolute Gasteiger partial charge is 0.306 e. The van der Waals surface area contributed by atoms with Crippen LogP contribution in [0, 0.1) is 0 Å². The first-order valence-electron chi connectivity index (χ1n) is 6.98. The summed E-state index contributed by atoms with van der Waals surface area (Å²) in [6.45, 7) is 5.54. The van der Waals surface area contributed by atoms with Crippen LogP contribution in [0.15, 0.2) is 42.5 Å². The summed E-state index contributed by atoms with van der Waals surface area (Å²) in [4.78, 5) is 11.6.